The molecule has 1 rings (SSSR count). The fourth-order valence-electron chi connectivity index (χ4n) is 1.80. The Balaban J connectivity index is 2.11. The third-order valence-electron chi connectivity index (χ3n) is 2.65. The third kappa shape index (κ3) is 3.07. The predicted molar refractivity (Wildman–Crippen MR) is 46.8 cm³/mol. The lowest BCUT2D eigenvalue weighted by Gasteiger charge is -2.30. The number of alkyl halides is 1. The number of likely N-dealkylation sites (tertiary alicyclic amines) is 1. The first-order chi connectivity index (χ1) is 5.86. The maximum Gasteiger partial charge on any atom is 0.102 e. The fourth-order valence-corrected chi connectivity index (χ4v) is 1.80. The molecule has 1 heterocycles. The summed E-state index contributed by atoms with van der Waals surface area (Å²) in [4.78, 5) is 2.16. The quantitative estimate of drug-likeness (QED) is 0.690. The van der Waals surface area contributed by atoms with Crippen molar-refractivity contribution in [2.75, 3.05) is 32.9 Å². The second kappa shape index (κ2) is 5.49. The lowest BCUT2D eigenvalue weighted by molar-refractivity contribution is 0.151. The molecule has 1 fully saturated rings. The van der Waals surface area contributed by atoms with E-state index in [1.165, 1.54) is 0 Å². The normalized spacial score (nSPS) is 21.5. The van der Waals surface area contributed by atoms with Crippen LogP contribution in [0.1, 0.15) is 19.3 Å². The second-order valence-corrected chi connectivity index (χ2v) is 3.49. The van der Waals surface area contributed by atoms with Gasteiger partial charge in [0.1, 0.15) is 6.67 Å². The summed E-state index contributed by atoms with van der Waals surface area (Å²) in [5.74, 6) is 0.672. The Morgan fingerprint density at radius 2 is 2.00 bits per heavy atom. The lowest BCUT2D eigenvalue weighted by Crippen LogP contribution is -2.35. The summed E-state index contributed by atoms with van der Waals surface area (Å²) in [7, 11) is 0. The van der Waals surface area contributed by atoms with Crippen LogP contribution < -0.4 is 0 Å². The first kappa shape index (κ1) is 9.93. The van der Waals surface area contributed by atoms with Crippen LogP contribution in [0.4, 0.5) is 4.39 Å². The molecule has 0 aromatic rings. The van der Waals surface area contributed by atoms with Crippen LogP contribution in [0.15, 0.2) is 0 Å². The van der Waals surface area contributed by atoms with Crippen molar-refractivity contribution in [1.82, 2.24) is 4.90 Å². The minimum atomic E-state index is -0.231. The van der Waals surface area contributed by atoms with E-state index in [9.17, 15) is 4.39 Å². The van der Waals surface area contributed by atoms with Gasteiger partial charge in [0.15, 0.2) is 0 Å². The van der Waals surface area contributed by atoms with Crippen LogP contribution in [-0.2, 0) is 0 Å². The minimum Gasteiger partial charge on any atom is -0.396 e. The Labute approximate surface area is 73.4 Å². The highest BCUT2D eigenvalue weighted by atomic mass is 19.1. The van der Waals surface area contributed by atoms with Crippen LogP contribution in [-0.4, -0.2) is 42.9 Å². The molecule has 0 bridgehead atoms. The Morgan fingerprint density at radius 1 is 1.33 bits per heavy atom. The van der Waals surface area contributed by atoms with Gasteiger partial charge in [-0.3, -0.25) is 0 Å². The fraction of sp³-hybridized carbons (Fsp3) is 1.00. The van der Waals surface area contributed by atoms with Gasteiger partial charge < -0.3 is 10.0 Å². The van der Waals surface area contributed by atoms with Gasteiger partial charge >= 0.3 is 0 Å². The summed E-state index contributed by atoms with van der Waals surface area (Å²) in [5.41, 5.74) is 0. The van der Waals surface area contributed by atoms with E-state index in [2.05, 4.69) is 4.90 Å². The molecule has 72 valence electrons. The zero-order valence-electron chi connectivity index (χ0n) is 7.51. The molecule has 2 nitrogen and oxygen atoms in total. The molecule has 12 heavy (non-hydrogen) atoms. The van der Waals surface area contributed by atoms with Crippen molar-refractivity contribution in [1.29, 1.82) is 0 Å². The number of rotatable bonds is 4. The zero-order chi connectivity index (χ0) is 8.81. The van der Waals surface area contributed by atoms with Crippen molar-refractivity contribution < 1.29 is 9.50 Å². The van der Waals surface area contributed by atoms with E-state index in [0.29, 0.717) is 19.1 Å². The molecule has 1 saturated heterocycles. The molecule has 1 N–H and O–H groups in total. The van der Waals surface area contributed by atoms with Gasteiger partial charge in [0.2, 0.25) is 0 Å². The van der Waals surface area contributed by atoms with Gasteiger partial charge in [0.05, 0.1) is 0 Å². The van der Waals surface area contributed by atoms with E-state index < -0.39 is 0 Å². The third-order valence-corrected chi connectivity index (χ3v) is 2.65. The molecule has 3 heteroatoms. The molecule has 0 aromatic carbocycles. The molecule has 0 aliphatic carbocycles. The monoisotopic (exact) mass is 175 g/mol. The Bertz CT molecular complexity index is 99.1. The first-order valence-electron chi connectivity index (χ1n) is 4.76. The SMILES string of the molecule is OCCC1CCN(CCF)CC1. The van der Waals surface area contributed by atoms with Crippen molar-refractivity contribution in [3.05, 3.63) is 0 Å². The molecular weight excluding hydrogens is 157 g/mol. The first-order valence-corrected chi connectivity index (χ1v) is 4.76. The highest BCUT2D eigenvalue weighted by Gasteiger charge is 2.17. The Kier molecular flexibility index (Phi) is 4.54. The molecule has 0 spiro atoms. The summed E-state index contributed by atoms with van der Waals surface area (Å²) < 4.78 is 11.9. The minimum absolute atomic E-state index is 0.231. The van der Waals surface area contributed by atoms with E-state index in [4.69, 9.17) is 5.11 Å². The van der Waals surface area contributed by atoms with E-state index >= 15 is 0 Å². The van der Waals surface area contributed by atoms with Crippen LogP contribution >= 0.6 is 0 Å². The van der Waals surface area contributed by atoms with E-state index in [-0.39, 0.29) is 6.67 Å². The Morgan fingerprint density at radius 3 is 2.50 bits per heavy atom. The molecule has 0 radical (unpaired) electrons. The standard InChI is InChI=1S/C9H18FNO/c10-4-7-11-5-1-9(2-6-11)3-8-12/h9,12H,1-8H2. The van der Waals surface area contributed by atoms with E-state index in [1.54, 1.807) is 0 Å². The van der Waals surface area contributed by atoms with Crippen molar-refractivity contribution in [3.63, 3.8) is 0 Å². The van der Waals surface area contributed by atoms with Crippen molar-refractivity contribution in [3.8, 4) is 0 Å². The molecule has 1 aliphatic heterocycles. The average molecular weight is 175 g/mol. The molecule has 0 atom stereocenters. The molecule has 0 aromatic heterocycles. The summed E-state index contributed by atoms with van der Waals surface area (Å²) in [6.07, 6.45) is 3.17. The van der Waals surface area contributed by atoms with Gasteiger partial charge in [-0.1, -0.05) is 0 Å². The largest absolute Gasteiger partial charge is 0.396 e. The second-order valence-electron chi connectivity index (χ2n) is 3.49. The van der Waals surface area contributed by atoms with Crippen molar-refractivity contribution in [2.45, 2.75) is 19.3 Å². The van der Waals surface area contributed by atoms with Gasteiger partial charge in [-0.2, -0.15) is 0 Å². The molecule has 1 aliphatic rings. The van der Waals surface area contributed by atoms with Crippen LogP contribution in [0.2, 0.25) is 0 Å². The molecule has 0 amide bonds. The van der Waals surface area contributed by atoms with Gasteiger partial charge in [0.25, 0.3) is 0 Å². The summed E-state index contributed by atoms with van der Waals surface area (Å²) in [6.45, 7) is 2.67. The highest BCUT2D eigenvalue weighted by Crippen LogP contribution is 2.19. The maximum absolute atomic E-state index is 11.9. The lowest BCUT2D eigenvalue weighted by atomic mass is 9.94. The van der Waals surface area contributed by atoms with Crippen molar-refractivity contribution in [2.24, 2.45) is 5.92 Å². The van der Waals surface area contributed by atoms with E-state index in [0.717, 1.165) is 32.4 Å². The Hall–Kier alpha value is -0.150. The zero-order valence-corrected chi connectivity index (χ0v) is 7.51. The average Bonchev–Trinajstić information content (AvgIpc) is 2.09. The highest BCUT2D eigenvalue weighted by molar-refractivity contribution is 4.71. The topological polar surface area (TPSA) is 23.5 Å². The number of aliphatic hydroxyl groups is 1. The number of hydrogen-bond donors (Lipinski definition) is 1. The number of halogens is 1. The van der Waals surface area contributed by atoms with Crippen LogP contribution in [0.3, 0.4) is 0 Å². The van der Waals surface area contributed by atoms with Gasteiger partial charge in [-0.05, 0) is 38.3 Å². The number of piperidine rings is 1. The van der Waals surface area contributed by atoms with Gasteiger partial charge in [0, 0.05) is 13.2 Å². The molecule has 0 unspecified atom stereocenters. The van der Waals surface area contributed by atoms with Gasteiger partial charge in [-0.25, -0.2) is 4.39 Å². The van der Waals surface area contributed by atoms with Crippen LogP contribution in [0.5, 0.6) is 0 Å². The summed E-state index contributed by atoms with van der Waals surface area (Å²) >= 11 is 0. The molecular formula is C9H18FNO. The number of nitrogens with zero attached hydrogens (tertiary/aromatic N) is 1. The number of hydrogen-bond acceptors (Lipinski definition) is 2. The predicted octanol–water partition coefficient (Wildman–Crippen LogP) is 1.05. The smallest absolute Gasteiger partial charge is 0.102 e. The maximum atomic E-state index is 11.9. The summed E-state index contributed by atoms with van der Waals surface area (Å²) in [6, 6.07) is 0. The van der Waals surface area contributed by atoms with Crippen molar-refractivity contribution >= 4 is 0 Å². The number of aliphatic hydroxyl groups excluding tert-OH is 1. The van der Waals surface area contributed by atoms with Crippen LogP contribution in [0.25, 0.3) is 0 Å². The van der Waals surface area contributed by atoms with E-state index in [1.807, 2.05) is 0 Å². The molecule has 0 saturated carbocycles. The van der Waals surface area contributed by atoms with Gasteiger partial charge in [-0.15, -0.1) is 0 Å². The summed E-state index contributed by atoms with van der Waals surface area (Å²) in [5, 5.41) is 8.71. The van der Waals surface area contributed by atoms with Crippen LogP contribution in [0, 0.1) is 5.92 Å².